The number of nitrogens with zero attached hydrogens (tertiary/aromatic N) is 2. The molecule has 1 aromatic carbocycles. The molecule has 0 amide bonds. The molecule has 0 spiro atoms. The van der Waals surface area contributed by atoms with Crippen LogP contribution in [0, 0.1) is 0 Å². The Kier molecular flexibility index (Phi) is 1.61. The van der Waals surface area contributed by atoms with Crippen LogP contribution < -0.4 is 0 Å². The lowest BCUT2D eigenvalue weighted by Gasteiger charge is -2.21. The SMILES string of the molecule is C[C@@H]1Cn2c(nc3ccccc32)CO1. The van der Waals surface area contributed by atoms with E-state index in [9.17, 15) is 0 Å². The predicted octanol–water partition coefficient (Wildman–Crippen LogP) is 1.95. The van der Waals surface area contributed by atoms with Crippen molar-refractivity contribution in [1.82, 2.24) is 9.55 Å². The zero-order valence-corrected chi connectivity index (χ0v) is 8.10. The molecule has 14 heavy (non-hydrogen) atoms. The fraction of sp³-hybridized carbons (Fsp3) is 0.364. The molecular formula is C11H12N2O. The van der Waals surface area contributed by atoms with E-state index in [1.165, 1.54) is 5.52 Å². The zero-order valence-electron chi connectivity index (χ0n) is 8.10. The van der Waals surface area contributed by atoms with Crippen LogP contribution in [-0.2, 0) is 17.9 Å². The molecule has 2 heterocycles. The molecule has 0 bridgehead atoms. The number of benzene rings is 1. The smallest absolute Gasteiger partial charge is 0.136 e. The van der Waals surface area contributed by atoms with Gasteiger partial charge in [-0.2, -0.15) is 0 Å². The highest BCUT2D eigenvalue weighted by Crippen LogP contribution is 2.21. The van der Waals surface area contributed by atoms with E-state index < -0.39 is 0 Å². The first-order chi connectivity index (χ1) is 6.84. The number of para-hydroxylation sites is 2. The van der Waals surface area contributed by atoms with Gasteiger partial charge in [-0.1, -0.05) is 12.1 Å². The number of imidazole rings is 1. The van der Waals surface area contributed by atoms with Crippen molar-refractivity contribution in [3.05, 3.63) is 30.1 Å². The normalized spacial score (nSPS) is 21.1. The van der Waals surface area contributed by atoms with Crippen LogP contribution in [0.5, 0.6) is 0 Å². The van der Waals surface area contributed by atoms with Crippen molar-refractivity contribution in [3.63, 3.8) is 0 Å². The van der Waals surface area contributed by atoms with E-state index in [0.29, 0.717) is 12.7 Å². The summed E-state index contributed by atoms with van der Waals surface area (Å²) in [6, 6.07) is 8.23. The van der Waals surface area contributed by atoms with E-state index in [1.54, 1.807) is 0 Å². The van der Waals surface area contributed by atoms with Crippen LogP contribution in [0.2, 0.25) is 0 Å². The van der Waals surface area contributed by atoms with Crippen molar-refractivity contribution in [2.45, 2.75) is 26.2 Å². The molecule has 3 heteroatoms. The number of fused-ring (bicyclic) bond motifs is 3. The molecule has 2 aromatic rings. The van der Waals surface area contributed by atoms with Gasteiger partial charge in [0.25, 0.3) is 0 Å². The standard InChI is InChI=1S/C11H12N2O/c1-8-6-13-10-5-3-2-4-9(10)12-11(13)7-14-8/h2-5,8H,6-7H2,1H3/t8-/m1/s1. The van der Waals surface area contributed by atoms with Crippen LogP contribution in [0.1, 0.15) is 12.7 Å². The van der Waals surface area contributed by atoms with Crippen LogP contribution in [0.4, 0.5) is 0 Å². The molecule has 0 fully saturated rings. The Balaban J connectivity index is 2.25. The summed E-state index contributed by atoms with van der Waals surface area (Å²) in [6.45, 7) is 3.64. The number of ether oxygens (including phenoxy) is 1. The maximum atomic E-state index is 5.55. The molecule has 1 aliphatic heterocycles. The lowest BCUT2D eigenvalue weighted by Crippen LogP contribution is -2.24. The number of rotatable bonds is 0. The van der Waals surface area contributed by atoms with Crippen molar-refractivity contribution in [3.8, 4) is 0 Å². The van der Waals surface area contributed by atoms with E-state index in [-0.39, 0.29) is 0 Å². The largest absolute Gasteiger partial charge is 0.369 e. The molecule has 72 valence electrons. The van der Waals surface area contributed by atoms with Gasteiger partial charge in [0, 0.05) is 0 Å². The van der Waals surface area contributed by atoms with Gasteiger partial charge < -0.3 is 9.30 Å². The fourth-order valence-electron chi connectivity index (χ4n) is 1.97. The molecule has 0 radical (unpaired) electrons. The van der Waals surface area contributed by atoms with Crippen molar-refractivity contribution in [1.29, 1.82) is 0 Å². The summed E-state index contributed by atoms with van der Waals surface area (Å²) in [6.07, 6.45) is 0.292. The monoisotopic (exact) mass is 188 g/mol. The van der Waals surface area contributed by atoms with E-state index in [0.717, 1.165) is 17.9 Å². The van der Waals surface area contributed by atoms with Crippen molar-refractivity contribution >= 4 is 11.0 Å². The second-order valence-electron chi connectivity index (χ2n) is 3.75. The molecule has 3 nitrogen and oxygen atoms in total. The van der Waals surface area contributed by atoms with Gasteiger partial charge in [0.1, 0.15) is 12.4 Å². The Hall–Kier alpha value is -1.35. The first kappa shape index (κ1) is 8.00. The van der Waals surface area contributed by atoms with Gasteiger partial charge in [-0.3, -0.25) is 0 Å². The van der Waals surface area contributed by atoms with Crippen molar-refractivity contribution in [2.24, 2.45) is 0 Å². The molecule has 0 aliphatic carbocycles. The first-order valence-electron chi connectivity index (χ1n) is 4.90. The molecule has 0 saturated carbocycles. The van der Waals surface area contributed by atoms with Gasteiger partial charge in [-0.05, 0) is 19.1 Å². The average Bonchev–Trinajstić information content (AvgIpc) is 2.56. The summed E-state index contributed by atoms with van der Waals surface area (Å²) >= 11 is 0. The van der Waals surface area contributed by atoms with Crippen molar-refractivity contribution in [2.75, 3.05) is 0 Å². The minimum atomic E-state index is 0.292. The van der Waals surface area contributed by atoms with Crippen LogP contribution in [-0.4, -0.2) is 15.7 Å². The van der Waals surface area contributed by atoms with E-state index in [4.69, 9.17) is 4.74 Å². The third-order valence-corrected chi connectivity index (χ3v) is 2.67. The number of hydrogen-bond donors (Lipinski definition) is 0. The zero-order chi connectivity index (χ0) is 9.54. The van der Waals surface area contributed by atoms with Gasteiger partial charge in [0.15, 0.2) is 0 Å². The number of aromatic nitrogens is 2. The summed E-state index contributed by atoms with van der Waals surface area (Å²) in [7, 11) is 0. The van der Waals surface area contributed by atoms with E-state index >= 15 is 0 Å². The molecule has 0 N–H and O–H groups in total. The highest BCUT2D eigenvalue weighted by molar-refractivity contribution is 5.75. The lowest BCUT2D eigenvalue weighted by molar-refractivity contribution is 0.0153. The third-order valence-electron chi connectivity index (χ3n) is 2.67. The maximum Gasteiger partial charge on any atom is 0.136 e. The third kappa shape index (κ3) is 1.06. The molecule has 1 aliphatic rings. The lowest BCUT2D eigenvalue weighted by atomic mass is 10.3. The van der Waals surface area contributed by atoms with Crippen LogP contribution in [0.15, 0.2) is 24.3 Å². The van der Waals surface area contributed by atoms with Crippen molar-refractivity contribution < 1.29 is 4.74 Å². The Morgan fingerprint density at radius 1 is 1.43 bits per heavy atom. The molecule has 3 rings (SSSR count). The van der Waals surface area contributed by atoms with Gasteiger partial charge in [0.05, 0.1) is 23.7 Å². The summed E-state index contributed by atoms with van der Waals surface area (Å²) in [5, 5.41) is 0. The second kappa shape index (κ2) is 2.82. The fourth-order valence-corrected chi connectivity index (χ4v) is 1.97. The molecule has 0 unspecified atom stereocenters. The van der Waals surface area contributed by atoms with Crippen LogP contribution >= 0.6 is 0 Å². The first-order valence-corrected chi connectivity index (χ1v) is 4.90. The van der Waals surface area contributed by atoms with E-state index in [2.05, 4.69) is 28.6 Å². The Morgan fingerprint density at radius 3 is 3.21 bits per heavy atom. The van der Waals surface area contributed by atoms with Gasteiger partial charge in [0.2, 0.25) is 0 Å². The molecule has 0 saturated heterocycles. The summed E-state index contributed by atoms with van der Waals surface area (Å²) in [5.74, 6) is 1.05. The minimum absolute atomic E-state index is 0.292. The van der Waals surface area contributed by atoms with Gasteiger partial charge >= 0.3 is 0 Å². The summed E-state index contributed by atoms with van der Waals surface area (Å²) in [4.78, 5) is 4.53. The summed E-state index contributed by atoms with van der Waals surface area (Å²) < 4.78 is 7.80. The predicted molar refractivity (Wildman–Crippen MR) is 54.0 cm³/mol. The molecule has 1 atom stereocenters. The van der Waals surface area contributed by atoms with E-state index in [1.807, 2.05) is 12.1 Å². The quantitative estimate of drug-likeness (QED) is 0.632. The second-order valence-corrected chi connectivity index (χ2v) is 3.75. The Bertz CT molecular complexity index is 475. The van der Waals surface area contributed by atoms with Crippen LogP contribution in [0.25, 0.3) is 11.0 Å². The Labute approximate surface area is 82.3 Å². The topological polar surface area (TPSA) is 27.1 Å². The average molecular weight is 188 g/mol. The molecule has 1 aromatic heterocycles. The highest BCUT2D eigenvalue weighted by atomic mass is 16.5. The van der Waals surface area contributed by atoms with Crippen LogP contribution in [0.3, 0.4) is 0 Å². The Morgan fingerprint density at radius 2 is 2.29 bits per heavy atom. The highest BCUT2D eigenvalue weighted by Gasteiger charge is 2.18. The maximum absolute atomic E-state index is 5.55. The molecular weight excluding hydrogens is 176 g/mol. The minimum Gasteiger partial charge on any atom is -0.369 e. The number of hydrogen-bond acceptors (Lipinski definition) is 2. The van der Waals surface area contributed by atoms with Gasteiger partial charge in [-0.15, -0.1) is 0 Å². The summed E-state index contributed by atoms with van der Waals surface area (Å²) in [5.41, 5.74) is 2.29. The van der Waals surface area contributed by atoms with Gasteiger partial charge in [-0.25, -0.2) is 4.98 Å².